The molecule has 9 heteroatoms. The highest BCUT2D eigenvalue weighted by molar-refractivity contribution is 7.89. The highest BCUT2D eigenvalue weighted by Crippen LogP contribution is 2.32. The second-order valence-electron chi connectivity index (χ2n) is 6.96. The topological polar surface area (TPSA) is 79.0 Å². The summed E-state index contributed by atoms with van der Waals surface area (Å²) in [6, 6.07) is 9.71. The molecule has 1 heterocycles. The van der Waals surface area contributed by atoms with Crippen molar-refractivity contribution in [2.75, 3.05) is 44.5 Å². The third-order valence-corrected chi connectivity index (χ3v) is 6.91. The molecule has 3 rings (SSSR count). The maximum Gasteiger partial charge on any atom is 0.255 e. The third kappa shape index (κ3) is 4.49. The van der Waals surface area contributed by atoms with Gasteiger partial charge in [-0.1, -0.05) is 11.6 Å². The van der Waals surface area contributed by atoms with E-state index in [0.717, 1.165) is 35.9 Å². The van der Waals surface area contributed by atoms with Crippen molar-refractivity contribution in [2.45, 2.75) is 17.7 Å². The van der Waals surface area contributed by atoms with Crippen LogP contribution in [0.2, 0.25) is 5.02 Å². The molecule has 1 aliphatic heterocycles. The van der Waals surface area contributed by atoms with Gasteiger partial charge in [-0.3, -0.25) is 4.79 Å². The number of benzene rings is 2. The predicted molar refractivity (Wildman–Crippen MR) is 115 cm³/mol. The van der Waals surface area contributed by atoms with E-state index in [1.165, 1.54) is 39.4 Å². The molecule has 0 aliphatic carbocycles. The number of methoxy groups -OCH3 is 1. The molecule has 29 heavy (non-hydrogen) atoms. The average molecular weight is 438 g/mol. The number of sulfonamides is 1. The number of amides is 1. The molecule has 1 amide bonds. The zero-order valence-electron chi connectivity index (χ0n) is 16.6. The Kier molecular flexibility index (Phi) is 6.36. The van der Waals surface area contributed by atoms with Crippen LogP contribution in [0.4, 0.5) is 11.4 Å². The SMILES string of the molecule is COc1ccc(C(=O)Nc2cc(Cl)ccc2N2CCCC2)cc1S(=O)(=O)N(C)C. The number of nitrogens with one attached hydrogen (secondary N) is 1. The van der Waals surface area contributed by atoms with Crippen LogP contribution in [0, 0.1) is 0 Å². The molecule has 0 bridgehead atoms. The normalized spacial score (nSPS) is 14.3. The van der Waals surface area contributed by atoms with Crippen LogP contribution in [0.25, 0.3) is 0 Å². The minimum atomic E-state index is -3.78. The van der Waals surface area contributed by atoms with Gasteiger partial charge in [0, 0.05) is 37.8 Å². The van der Waals surface area contributed by atoms with Crippen LogP contribution in [0.15, 0.2) is 41.3 Å². The summed E-state index contributed by atoms with van der Waals surface area (Å²) < 4.78 is 31.5. The Hall–Kier alpha value is -2.29. The summed E-state index contributed by atoms with van der Waals surface area (Å²) in [4.78, 5) is 15.0. The Labute approximate surface area is 176 Å². The summed E-state index contributed by atoms with van der Waals surface area (Å²) in [7, 11) is 0.462. The first-order chi connectivity index (χ1) is 13.7. The summed E-state index contributed by atoms with van der Waals surface area (Å²) >= 11 is 6.14. The Bertz CT molecular complexity index is 1020. The van der Waals surface area contributed by atoms with Gasteiger partial charge >= 0.3 is 0 Å². The number of nitrogens with zero attached hydrogens (tertiary/aromatic N) is 2. The highest BCUT2D eigenvalue weighted by atomic mass is 35.5. The molecular weight excluding hydrogens is 414 g/mol. The van der Waals surface area contributed by atoms with Gasteiger partial charge in [0.15, 0.2) is 0 Å². The highest BCUT2D eigenvalue weighted by Gasteiger charge is 2.24. The lowest BCUT2D eigenvalue weighted by atomic mass is 10.2. The molecule has 1 aliphatic rings. The Morgan fingerprint density at radius 1 is 1.14 bits per heavy atom. The molecule has 0 atom stereocenters. The van der Waals surface area contributed by atoms with E-state index >= 15 is 0 Å². The Morgan fingerprint density at radius 2 is 1.83 bits per heavy atom. The van der Waals surface area contributed by atoms with Crippen LogP contribution in [0.5, 0.6) is 5.75 Å². The van der Waals surface area contributed by atoms with Gasteiger partial charge in [-0.2, -0.15) is 0 Å². The minimum Gasteiger partial charge on any atom is -0.495 e. The van der Waals surface area contributed by atoms with Gasteiger partial charge in [0.1, 0.15) is 10.6 Å². The van der Waals surface area contributed by atoms with Crippen molar-refractivity contribution in [1.82, 2.24) is 4.31 Å². The molecule has 0 aromatic heterocycles. The number of rotatable bonds is 6. The van der Waals surface area contributed by atoms with Crippen molar-refractivity contribution in [3.05, 3.63) is 47.0 Å². The first kappa shape index (κ1) is 21.4. The molecule has 2 aromatic carbocycles. The third-order valence-electron chi connectivity index (χ3n) is 4.84. The van der Waals surface area contributed by atoms with E-state index in [9.17, 15) is 13.2 Å². The molecule has 2 aromatic rings. The first-order valence-corrected chi connectivity index (χ1v) is 11.0. The summed E-state index contributed by atoms with van der Waals surface area (Å²) in [6.07, 6.45) is 2.19. The minimum absolute atomic E-state index is 0.0662. The van der Waals surface area contributed by atoms with Crippen molar-refractivity contribution in [2.24, 2.45) is 0 Å². The van der Waals surface area contributed by atoms with Crippen LogP contribution < -0.4 is 15.0 Å². The summed E-state index contributed by atoms with van der Waals surface area (Å²) in [5.41, 5.74) is 1.70. The predicted octanol–water partition coefficient (Wildman–Crippen LogP) is 3.45. The van der Waals surface area contributed by atoms with Crippen molar-refractivity contribution >= 4 is 38.9 Å². The summed E-state index contributed by atoms with van der Waals surface area (Å²) in [5, 5.41) is 3.38. The lowest BCUT2D eigenvalue weighted by molar-refractivity contribution is 0.102. The van der Waals surface area contributed by atoms with Gasteiger partial charge < -0.3 is 15.0 Å². The van der Waals surface area contributed by atoms with Gasteiger partial charge in [-0.15, -0.1) is 0 Å². The van der Waals surface area contributed by atoms with Crippen molar-refractivity contribution < 1.29 is 17.9 Å². The second kappa shape index (κ2) is 8.61. The fourth-order valence-corrected chi connectivity index (χ4v) is 4.50. The molecule has 0 unspecified atom stereocenters. The van der Waals surface area contributed by atoms with Crippen molar-refractivity contribution in [1.29, 1.82) is 0 Å². The van der Waals surface area contributed by atoms with E-state index in [1.807, 2.05) is 6.07 Å². The quantitative estimate of drug-likeness (QED) is 0.748. The monoisotopic (exact) mass is 437 g/mol. The summed E-state index contributed by atoms with van der Waals surface area (Å²) in [6.45, 7) is 1.83. The largest absolute Gasteiger partial charge is 0.495 e. The number of ether oxygens (including phenoxy) is 1. The fraction of sp³-hybridized carbons (Fsp3) is 0.350. The maximum absolute atomic E-state index is 12.9. The van der Waals surface area contributed by atoms with E-state index < -0.39 is 15.9 Å². The molecule has 1 saturated heterocycles. The lowest BCUT2D eigenvalue weighted by Crippen LogP contribution is -2.24. The van der Waals surface area contributed by atoms with E-state index in [4.69, 9.17) is 16.3 Å². The maximum atomic E-state index is 12.9. The first-order valence-electron chi connectivity index (χ1n) is 9.20. The standard InChI is InChI=1S/C20H24ClN3O4S/c1-23(2)29(26,27)19-12-14(6-9-18(19)28-3)20(25)22-16-13-15(21)7-8-17(16)24-10-4-5-11-24/h6-9,12-13H,4-5,10-11H2,1-3H3,(H,22,25). The van der Waals surface area contributed by atoms with Crippen LogP contribution >= 0.6 is 11.6 Å². The fourth-order valence-electron chi connectivity index (χ4n) is 3.25. The van der Waals surface area contributed by atoms with E-state index in [0.29, 0.717) is 10.7 Å². The molecule has 1 fully saturated rings. The van der Waals surface area contributed by atoms with E-state index in [2.05, 4.69) is 10.2 Å². The Morgan fingerprint density at radius 3 is 2.45 bits per heavy atom. The van der Waals surface area contributed by atoms with Crippen molar-refractivity contribution in [3.63, 3.8) is 0 Å². The summed E-state index contributed by atoms with van der Waals surface area (Å²) in [5.74, 6) is -0.249. The van der Waals surface area contributed by atoms with Gasteiger partial charge in [-0.25, -0.2) is 12.7 Å². The Balaban J connectivity index is 1.95. The van der Waals surface area contributed by atoms with E-state index in [1.54, 1.807) is 12.1 Å². The van der Waals surface area contributed by atoms with Crippen LogP contribution in [-0.2, 0) is 10.0 Å². The van der Waals surface area contributed by atoms with Gasteiger partial charge in [0.25, 0.3) is 5.91 Å². The number of anilines is 2. The average Bonchev–Trinajstić information content (AvgIpc) is 3.22. The number of hydrogen-bond donors (Lipinski definition) is 1. The number of hydrogen-bond acceptors (Lipinski definition) is 5. The van der Waals surface area contributed by atoms with Gasteiger partial charge in [0.05, 0.1) is 18.5 Å². The molecule has 0 spiro atoms. The smallest absolute Gasteiger partial charge is 0.255 e. The van der Waals surface area contributed by atoms with E-state index in [-0.39, 0.29) is 16.2 Å². The number of carbonyl (C=O) groups excluding carboxylic acids is 1. The molecular formula is C20H24ClN3O4S. The molecule has 1 N–H and O–H groups in total. The van der Waals surface area contributed by atoms with Crippen LogP contribution in [0.3, 0.4) is 0 Å². The molecule has 156 valence electrons. The number of halogens is 1. The van der Waals surface area contributed by atoms with Crippen LogP contribution in [0.1, 0.15) is 23.2 Å². The zero-order chi connectivity index (χ0) is 21.2. The number of carbonyl (C=O) groups is 1. The van der Waals surface area contributed by atoms with Crippen molar-refractivity contribution in [3.8, 4) is 5.75 Å². The molecule has 7 nitrogen and oxygen atoms in total. The zero-order valence-corrected chi connectivity index (χ0v) is 18.2. The second-order valence-corrected chi connectivity index (χ2v) is 9.52. The lowest BCUT2D eigenvalue weighted by Gasteiger charge is -2.22. The van der Waals surface area contributed by atoms with Gasteiger partial charge in [-0.05, 0) is 49.2 Å². The molecule has 0 saturated carbocycles. The molecule has 0 radical (unpaired) electrons. The van der Waals surface area contributed by atoms with Crippen LogP contribution in [-0.4, -0.2) is 52.9 Å². The van der Waals surface area contributed by atoms with Gasteiger partial charge in [0.2, 0.25) is 10.0 Å².